The minimum Gasteiger partial charge on any atom is -0.478 e. The van der Waals surface area contributed by atoms with Crippen molar-refractivity contribution in [1.82, 2.24) is 0 Å². The van der Waals surface area contributed by atoms with E-state index in [-0.39, 0.29) is 5.03 Å². The zero-order valence-electron chi connectivity index (χ0n) is 4.44. The predicted octanol–water partition coefficient (Wildman–Crippen LogP) is 2.56. The monoisotopic (exact) mass is 222 g/mol. The normalized spacial score (nSPS) is 13.4. The van der Waals surface area contributed by atoms with Crippen molar-refractivity contribution in [2.45, 2.75) is 3.79 Å². The Morgan fingerprint density at radius 2 is 1.80 bits per heavy atom. The minimum atomic E-state index is -1.85. The van der Waals surface area contributed by atoms with Crippen molar-refractivity contribution in [1.29, 1.82) is 0 Å². The van der Waals surface area contributed by atoms with Crippen molar-refractivity contribution in [2.24, 2.45) is 0 Å². The number of hydrogen-bond donors (Lipinski definition) is 1. The fraction of sp³-hybridized carbons (Fsp3) is 0.250. The van der Waals surface area contributed by atoms with E-state index in [0.717, 1.165) is 0 Å². The molecule has 58 valence electrons. The van der Waals surface area contributed by atoms with Crippen LogP contribution in [0, 0.1) is 0 Å². The molecule has 0 aliphatic rings. The van der Waals surface area contributed by atoms with Gasteiger partial charge in [0.15, 0.2) is 0 Å². The Hall–Kier alpha value is 0.370. The smallest absolute Gasteiger partial charge is 0.329 e. The van der Waals surface area contributed by atoms with Gasteiger partial charge in [0.25, 0.3) is 0 Å². The molecule has 0 fully saturated rings. The van der Waals surface area contributed by atoms with Crippen LogP contribution in [0.3, 0.4) is 0 Å². The number of carboxylic acids is 1. The lowest BCUT2D eigenvalue weighted by Crippen LogP contribution is -2.03. The average molecular weight is 224 g/mol. The van der Waals surface area contributed by atoms with Crippen LogP contribution in [0.15, 0.2) is 11.1 Å². The van der Waals surface area contributed by atoms with Gasteiger partial charge in [0.2, 0.25) is 3.79 Å². The molecule has 0 saturated carbocycles. The lowest BCUT2D eigenvalue weighted by Gasteiger charge is -2.06. The summed E-state index contributed by atoms with van der Waals surface area (Å²) in [7, 11) is 0. The maximum absolute atomic E-state index is 9.92. The Kier molecular flexibility index (Phi) is 3.81. The molecule has 0 aromatic rings. The van der Waals surface area contributed by atoms with Gasteiger partial charge in [0, 0.05) is 6.08 Å². The average Bonchev–Trinajstić information content (AvgIpc) is 1.60. The quantitative estimate of drug-likeness (QED) is 0.548. The van der Waals surface area contributed by atoms with E-state index in [1.165, 1.54) is 0 Å². The van der Waals surface area contributed by atoms with Gasteiger partial charge in [-0.05, 0) is 0 Å². The van der Waals surface area contributed by atoms with Crippen LogP contribution in [0.2, 0.25) is 0 Å². The third-order valence-corrected chi connectivity index (χ3v) is 1.81. The van der Waals surface area contributed by atoms with Gasteiger partial charge in [-0.2, -0.15) is 0 Å². The van der Waals surface area contributed by atoms with E-state index in [0.29, 0.717) is 6.08 Å². The van der Waals surface area contributed by atoms with E-state index in [4.69, 9.17) is 51.5 Å². The maximum Gasteiger partial charge on any atom is 0.329 e. The molecule has 2 nitrogen and oxygen atoms in total. The second kappa shape index (κ2) is 3.67. The van der Waals surface area contributed by atoms with Gasteiger partial charge >= 0.3 is 5.97 Å². The summed E-state index contributed by atoms with van der Waals surface area (Å²) in [5, 5.41) is 7.77. The van der Waals surface area contributed by atoms with Crippen LogP contribution in [0.5, 0.6) is 0 Å². The number of allylic oxidation sites excluding steroid dienone is 1. The summed E-state index contributed by atoms with van der Waals surface area (Å²) < 4.78 is -1.85. The first kappa shape index (κ1) is 10.4. The molecule has 0 atom stereocenters. The van der Waals surface area contributed by atoms with Crippen molar-refractivity contribution >= 4 is 52.4 Å². The summed E-state index contributed by atoms with van der Waals surface area (Å²) in [6, 6.07) is 0. The molecular weight excluding hydrogens is 222 g/mol. The molecule has 1 N–H and O–H groups in total. The zero-order chi connectivity index (χ0) is 8.36. The molecule has 0 rings (SSSR count). The summed E-state index contributed by atoms with van der Waals surface area (Å²) in [6.07, 6.45) is 0.620. The molecule has 0 radical (unpaired) electrons. The molecule has 0 heterocycles. The Morgan fingerprint density at radius 3 is 1.90 bits per heavy atom. The van der Waals surface area contributed by atoms with Crippen molar-refractivity contribution in [2.75, 3.05) is 0 Å². The van der Waals surface area contributed by atoms with Crippen LogP contribution < -0.4 is 0 Å². The molecule has 0 amide bonds. The van der Waals surface area contributed by atoms with Crippen molar-refractivity contribution in [3.63, 3.8) is 0 Å². The second-order valence-electron chi connectivity index (χ2n) is 1.33. The predicted molar refractivity (Wildman–Crippen MR) is 41.9 cm³/mol. The molecule has 0 aliphatic carbocycles. The third-order valence-electron chi connectivity index (χ3n) is 0.521. The van der Waals surface area contributed by atoms with E-state index >= 15 is 0 Å². The van der Waals surface area contributed by atoms with Crippen LogP contribution in [0.1, 0.15) is 0 Å². The molecule has 0 saturated heterocycles. The first-order valence-electron chi connectivity index (χ1n) is 2.01. The molecule has 0 spiro atoms. The Balaban J connectivity index is 4.35. The van der Waals surface area contributed by atoms with Crippen LogP contribution in [-0.4, -0.2) is 14.9 Å². The SMILES string of the molecule is O=C(O)/C=C(\Cl)C(Cl)(Cl)Cl. The number of aliphatic carboxylic acids is 1. The fourth-order valence-corrected chi connectivity index (χ4v) is 0.447. The first-order chi connectivity index (χ1) is 4.34. The molecule has 0 aromatic heterocycles. The van der Waals surface area contributed by atoms with Gasteiger partial charge in [-0.1, -0.05) is 46.4 Å². The second-order valence-corrected chi connectivity index (χ2v) is 4.02. The zero-order valence-corrected chi connectivity index (χ0v) is 7.47. The van der Waals surface area contributed by atoms with Gasteiger partial charge in [-0.3, -0.25) is 0 Å². The molecule has 0 aliphatic heterocycles. The number of rotatable bonds is 1. The highest BCUT2D eigenvalue weighted by Gasteiger charge is 2.24. The lowest BCUT2D eigenvalue weighted by molar-refractivity contribution is -0.131. The number of carbonyl (C=O) groups is 1. The van der Waals surface area contributed by atoms with Crippen molar-refractivity contribution in [3.8, 4) is 0 Å². The van der Waals surface area contributed by atoms with E-state index in [1.54, 1.807) is 0 Å². The number of hydrogen-bond acceptors (Lipinski definition) is 1. The highest BCUT2D eigenvalue weighted by Crippen LogP contribution is 2.36. The Bertz CT molecular complexity index is 169. The standard InChI is InChI=1S/C4H2Cl4O2/c5-2(1-3(9)10)4(6,7)8/h1H,(H,9,10)/b2-1-. The van der Waals surface area contributed by atoms with Gasteiger partial charge in [0.05, 0.1) is 5.03 Å². The molecule has 0 bridgehead atoms. The van der Waals surface area contributed by atoms with Crippen molar-refractivity contribution < 1.29 is 9.90 Å². The maximum atomic E-state index is 9.92. The summed E-state index contributed by atoms with van der Waals surface area (Å²) in [4.78, 5) is 9.92. The topological polar surface area (TPSA) is 37.3 Å². The van der Waals surface area contributed by atoms with Crippen LogP contribution >= 0.6 is 46.4 Å². The van der Waals surface area contributed by atoms with E-state index in [1.807, 2.05) is 0 Å². The van der Waals surface area contributed by atoms with E-state index in [9.17, 15) is 4.79 Å². The lowest BCUT2D eigenvalue weighted by atomic mass is 10.5. The third kappa shape index (κ3) is 4.23. The van der Waals surface area contributed by atoms with Gasteiger partial charge < -0.3 is 5.11 Å². The van der Waals surface area contributed by atoms with Crippen LogP contribution in [-0.2, 0) is 4.79 Å². The fourth-order valence-electron chi connectivity index (χ4n) is 0.190. The molecule has 10 heavy (non-hydrogen) atoms. The largest absolute Gasteiger partial charge is 0.478 e. The van der Waals surface area contributed by atoms with Gasteiger partial charge in [0.1, 0.15) is 0 Å². The molecular formula is C4H2Cl4O2. The Morgan fingerprint density at radius 1 is 1.40 bits per heavy atom. The number of halogens is 4. The summed E-state index contributed by atoms with van der Waals surface area (Å²) in [5.41, 5.74) is 0. The van der Waals surface area contributed by atoms with Gasteiger partial charge in [-0.25, -0.2) is 4.79 Å². The molecule has 6 heteroatoms. The number of alkyl halides is 3. The van der Waals surface area contributed by atoms with Gasteiger partial charge in [-0.15, -0.1) is 0 Å². The highest BCUT2D eigenvalue weighted by molar-refractivity contribution is 6.73. The molecule has 0 aromatic carbocycles. The van der Waals surface area contributed by atoms with E-state index < -0.39 is 9.76 Å². The van der Waals surface area contributed by atoms with Crippen LogP contribution in [0.25, 0.3) is 0 Å². The Labute approximate surface area is 77.3 Å². The minimum absolute atomic E-state index is 0.343. The van der Waals surface area contributed by atoms with Crippen molar-refractivity contribution in [3.05, 3.63) is 11.1 Å². The highest BCUT2D eigenvalue weighted by atomic mass is 35.6. The number of carboxylic acid groups (broad SMARTS) is 1. The van der Waals surface area contributed by atoms with E-state index in [2.05, 4.69) is 0 Å². The first-order valence-corrected chi connectivity index (χ1v) is 3.52. The summed E-state index contributed by atoms with van der Waals surface area (Å²) >= 11 is 20.8. The van der Waals surface area contributed by atoms with Crippen LogP contribution in [0.4, 0.5) is 0 Å². The summed E-state index contributed by atoms with van der Waals surface area (Å²) in [5.74, 6) is -1.25. The summed E-state index contributed by atoms with van der Waals surface area (Å²) in [6.45, 7) is 0. The molecule has 0 unspecified atom stereocenters.